The Morgan fingerprint density at radius 2 is 2.07 bits per heavy atom. The third kappa shape index (κ3) is 4.65. The van der Waals surface area contributed by atoms with Crippen LogP contribution in [0.15, 0.2) is 41.5 Å². The van der Waals surface area contributed by atoms with Gasteiger partial charge in [0, 0.05) is 43.2 Å². The predicted molar refractivity (Wildman–Crippen MR) is 115 cm³/mol. The number of imidazole rings is 1. The Morgan fingerprint density at radius 1 is 1.21 bits per heavy atom. The second-order valence-corrected chi connectivity index (χ2v) is 8.01. The fourth-order valence-electron chi connectivity index (χ4n) is 4.04. The van der Waals surface area contributed by atoms with E-state index in [1.165, 1.54) is 12.0 Å². The molecule has 0 radical (unpaired) electrons. The number of hydrogen-bond acceptors (Lipinski definition) is 4. The van der Waals surface area contributed by atoms with Gasteiger partial charge < -0.3 is 14.5 Å². The van der Waals surface area contributed by atoms with E-state index in [2.05, 4.69) is 38.6 Å². The van der Waals surface area contributed by atoms with Crippen LogP contribution in [-0.4, -0.2) is 38.0 Å². The summed E-state index contributed by atoms with van der Waals surface area (Å²) < 4.78 is 2.16. The van der Waals surface area contributed by atoms with Crippen molar-refractivity contribution in [2.75, 3.05) is 13.6 Å². The first-order valence-corrected chi connectivity index (χ1v) is 10.5. The van der Waals surface area contributed by atoms with Crippen LogP contribution in [0.3, 0.4) is 0 Å². The monoisotopic (exact) mass is 391 g/mol. The van der Waals surface area contributed by atoms with Crippen LogP contribution >= 0.6 is 0 Å². The van der Waals surface area contributed by atoms with Crippen LogP contribution in [0.25, 0.3) is 11.4 Å². The summed E-state index contributed by atoms with van der Waals surface area (Å²) in [6.07, 6.45) is 8.98. The number of likely N-dealkylation sites (N-methyl/N-ethyl adjacent to an activating group) is 1. The van der Waals surface area contributed by atoms with Crippen molar-refractivity contribution in [3.8, 4) is 11.4 Å². The lowest BCUT2D eigenvalue weighted by atomic mass is 10.1. The van der Waals surface area contributed by atoms with Crippen LogP contribution < -0.4 is 5.56 Å². The highest BCUT2D eigenvalue weighted by atomic mass is 16.1. The zero-order chi connectivity index (χ0) is 20.2. The number of aryl methyl sites for hydroxylation is 2. The highest BCUT2D eigenvalue weighted by Crippen LogP contribution is 2.21. The molecule has 1 aliphatic rings. The summed E-state index contributed by atoms with van der Waals surface area (Å²) in [5, 5.41) is 0. The largest absolute Gasteiger partial charge is 0.334 e. The van der Waals surface area contributed by atoms with Crippen LogP contribution in [0.2, 0.25) is 0 Å². The Balaban J connectivity index is 1.49. The fourth-order valence-corrected chi connectivity index (χ4v) is 4.04. The molecule has 6 heteroatoms. The third-order valence-corrected chi connectivity index (χ3v) is 5.74. The first kappa shape index (κ1) is 19.6. The van der Waals surface area contributed by atoms with Crippen molar-refractivity contribution in [3.63, 3.8) is 0 Å². The van der Waals surface area contributed by atoms with Gasteiger partial charge in [-0.1, -0.05) is 24.6 Å². The molecule has 2 heterocycles. The SMILES string of the molecule is Cc1nccn1CCN(C)Cc1cccc(-c2nc3c(c(=O)[nH]2)CCCCC3)c1. The minimum Gasteiger partial charge on any atom is -0.334 e. The molecule has 0 saturated heterocycles. The molecule has 0 fully saturated rings. The standard InChI is InChI=1S/C23H29N5O/c1-17-24-11-12-28(17)14-13-27(2)16-18-7-6-8-19(15-18)22-25-21-10-5-3-4-9-20(21)23(29)26-22/h6-8,11-12,15H,3-5,9-10,13-14,16H2,1-2H3,(H,25,26,29). The maximum atomic E-state index is 12.6. The van der Waals surface area contributed by atoms with E-state index in [1.807, 2.05) is 31.5 Å². The van der Waals surface area contributed by atoms with Gasteiger partial charge in [0.2, 0.25) is 0 Å². The van der Waals surface area contributed by atoms with Gasteiger partial charge in [-0.2, -0.15) is 0 Å². The Labute approximate surface area is 171 Å². The topological polar surface area (TPSA) is 66.8 Å². The summed E-state index contributed by atoms with van der Waals surface area (Å²) in [5.74, 6) is 1.73. The predicted octanol–water partition coefficient (Wildman–Crippen LogP) is 3.34. The molecular formula is C23H29N5O. The van der Waals surface area contributed by atoms with Crippen molar-refractivity contribution >= 4 is 0 Å². The van der Waals surface area contributed by atoms with Gasteiger partial charge in [-0.3, -0.25) is 4.79 Å². The molecule has 0 bridgehead atoms. The summed E-state index contributed by atoms with van der Waals surface area (Å²) in [4.78, 5) is 27.0. The first-order valence-electron chi connectivity index (χ1n) is 10.5. The van der Waals surface area contributed by atoms with Crippen molar-refractivity contribution in [3.05, 3.63) is 69.7 Å². The molecule has 1 aliphatic carbocycles. The van der Waals surface area contributed by atoms with E-state index < -0.39 is 0 Å². The van der Waals surface area contributed by atoms with Gasteiger partial charge in [-0.05, 0) is 51.3 Å². The number of benzene rings is 1. The molecule has 1 N–H and O–H groups in total. The Morgan fingerprint density at radius 3 is 2.90 bits per heavy atom. The minimum atomic E-state index is 0.0325. The molecule has 0 aliphatic heterocycles. The van der Waals surface area contributed by atoms with Crippen molar-refractivity contribution < 1.29 is 0 Å². The normalized spacial score (nSPS) is 14.0. The van der Waals surface area contributed by atoms with Gasteiger partial charge in [0.1, 0.15) is 11.6 Å². The summed E-state index contributed by atoms with van der Waals surface area (Å²) in [6, 6.07) is 8.34. The van der Waals surface area contributed by atoms with Gasteiger partial charge in [-0.15, -0.1) is 0 Å². The van der Waals surface area contributed by atoms with E-state index >= 15 is 0 Å². The zero-order valence-electron chi connectivity index (χ0n) is 17.3. The molecule has 152 valence electrons. The maximum absolute atomic E-state index is 12.6. The number of fused-ring (bicyclic) bond motifs is 1. The number of aromatic nitrogens is 4. The van der Waals surface area contributed by atoms with E-state index in [9.17, 15) is 4.79 Å². The van der Waals surface area contributed by atoms with Crippen LogP contribution in [0.5, 0.6) is 0 Å². The lowest BCUT2D eigenvalue weighted by molar-refractivity contribution is 0.310. The molecule has 0 spiro atoms. The van der Waals surface area contributed by atoms with E-state index in [1.54, 1.807) is 0 Å². The Kier molecular flexibility index (Phi) is 5.90. The first-order chi connectivity index (χ1) is 14.1. The van der Waals surface area contributed by atoms with Gasteiger partial charge >= 0.3 is 0 Å². The van der Waals surface area contributed by atoms with Gasteiger partial charge in [0.05, 0.1) is 5.69 Å². The van der Waals surface area contributed by atoms with Gasteiger partial charge in [-0.25, -0.2) is 9.97 Å². The minimum absolute atomic E-state index is 0.0325. The molecule has 0 atom stereocenters. The maximum Gasteiger partial charge on any atom is 0.254 e. The Bertz CT molecular complexity index is 1040. The highest BCUT2D eigenvalue weighted by Gasteiger charge is 2.15. The van der Waals surface area contributed by atoms with Crippen molar-refractivity contribution in [1.29, 1.82) is 0 Å². The molecule has 0 saturated carbocycles. The van der Waals surface area contributed by atoms with Crippen LogP contribution in [0.1, 0.15) is 41.9 Å². The lowest BCUT2D eigenvalue weighted by Gasteiger charge is -2.18. The molecule has 2 aromatic heterocycles. The summed E-state index contributed by atoms with van der Waals surface area (Å²) >= 11 is 0. The molecule has 0 amide bonds. The summed E-state index contributed by atoms with van der Waals surface area (Å²) in [6.45, 7) is 4.73. The van der Waals surface area contributed by atoms with E-state index in [0.29, 0.717) is 5.82 Å². The van der Waals surface area contributed by atoms with E-state index in [-0.39, 0.29) is 5.56 Å². The molecule has 4 rings (SSSR count). The lowest BCUT2D eigenvalue weighted by Crippen LogP contribution is -2.23. The second-order valence-electron chi connectivity index (χ2n) is 8.01. The van der Waals surface area contributed by atoms with Gasteiger partial charge in [0.25, 0.3) is 5.56 Å². The number of nitrogens with zero attached hydrogens (tertiary/aromatic N) is 4. The van der Waals surface area contributed by atoms with Crippen molar-refractivity contribution in [2.45, 2.75) is 52.1 Å². The fraction of sp³-hybridized carbons (Fsp3) is 0.435. The number of nitrogens with one attached hydrogen (secondary N) is 1. The molecular weight excluding hydrogens is 362 g/mol. The van der Waals surface area contributed by atoms with E-state index in [4.69, 9.17) is 4.98 Å². The average molecular weight is 392 g/mol. The summed E-state index contributed by atoms with van der Waals surface area (Å²) in [5.41, 5.74) is 4.09. The van der Waals surface area contributed by atoms with Crippen molar-refractivity contribution in [2.24, 2.45) is 0 Å². The quantitative estimate of drug-likeness (QED) is 0.655. The number of aromatic amines is 1. The number of rotatable bonds is 6. The average Bonchev–Trinajstić information content (AvgIpc) is 2.97. The number of H-pyrrole nitrogens is 1. The highest BCUT2D eigenvalue weighted by molar-refractivity contribution is 5.56. The third-order valence-electron chi connectivity index (χ3n) is 5.74. The van der Waals surface area contributed by atoms with Gasteiger partial charge in [0.15, 0.2) is 0 Å². The summed E-state index contributed by atoms with van der Waals surface area (Å²) in [7, 11) is 2.13. The zero-order valence-corrected chi connectivity index (χ0v) is 17.3. The van der Waals surface area contributed by atoms with Crippen LogP contribution in [0, 0.1) is 6.92 Å². The van der Waals surface area contributed by atoms with Crippen LogP contribution in [-0.2, 0) is 25.9 Å². The van der Waals surface area contributed by atoms with Crippen molar-refractivity contribution in [1.82, 2.24) is 24.4 Å². The van der Waals surface area contributed by atoms with E-state index in [0.717, 1.165) is 68.0 Å². The molecule has 6 nitrogen and oxygen atoms in total. The smallest absolute Gasteiger partial charge is 0.254 e. The molecule has 0 unspecified atom stereocenters. The second kappa shape index (κ2) is 8.74. The number of hydrogen-bond donors (Lipinski definition) is 1. The van der Waals surface area contributed by atoms with Crippen LogP contribution in [0.4, 0.5) is 0 Å². The molecule has 1 aromatic carbocycles. The Hall–Kier alpha value is -2.73. The molecule has 3 aromatic rings. The molecule has 29 heavy (non-hydrogen) atoms.